The summed E-state index contributed by atoms with van der Waals surface area (Å²) in [4.78, 5) is 0. The number of rotatable bonds is 4. The van der Waals surface area contributed by atoms with Gasteiger partial charge >= 0.3 is 0 Å². The predicted molar refractivity (Wildman–Crippen MR) is 80.2 cm³/mol. The number of hydrogen-bond acceptors (Lipinski definition) is 2. The van der Waals surface area contributed by atoms with Crippen molar-refractivity contribution in [1.82, 2.24) is 0 Å². The molecule has 2 unspecified atom stereocenters. The lowest BCUT2D eigenvalue weighted by molar-refractivity contribution is 0.143. The van der Waals surface area contributed by atoms with Gasteiger partial charge in [0.2, 0.25) is 0 Å². The van der Waals surface area contributed by atoms with Crippen LogP contribution in [0.1, 0.15) is 29.0 Å². The van der Waals surface area contributed by atoms with Gasteiger partial charge in [0.25, 0.3) is 0 Å². The van der Waals surface area contributed by atoms with Gasteiger partial charge in [-0.2, -0.15) is 0 Å². The van der Waals surface area contributed by atoms with E-state index >= 15 is 0 Å². The zero-order chi connectivity index (χ0) is 14.8. The minimum atomic E-state index is -0.485. The zero-order valence-electron chi connectivity index (χ0n) is 12.1. The van der Waals surface area contributed by atoms with Crippen molar-refractivity contribution >= 4 is 0 Å². The average molecular weight is 286 g/mol. The van der Waals surface area contributed by atoms with Gasteiger partial charge in [-0.15, -0.1) is 0 Å². The summed E-state index contributed by atoms with van der Waals surface area (Å²) in [7, 11) is 1.45. The molecule has 1 aliphatic carbocycles. The van der Waals surface area contributed by atoms with E-state index in [4.69, 9.17) is 4.74 Å². The van der Waals surface area contributed by atoms with Gasteiger partial charge in [-0.3, -0.25) is 0 Å². The largest absolute Gasteiger partial charge is 0.494 e. The van der Waals surface area contributed by atoms with Crippen molar-refractivity contribution in [3.05, 3.63) is 65.0 Å². The number of ether oxygens (including phenoxy) is 1. The predicted octanol–water partition coefficient (Wildman–Crippen LogP) is 3.47. The minimum Gasteiger partial charge on any atom is -0.494 e. The molecule has 1 N–H and O–H groups in total. The molecule has 2 aromatic rings. The molecule has 0 saturated carbocycles. The minimum absolute atomic E-state index is 0.145. The summed E-state index contributed by atoms with van der Waals surface area (Å²) in [5.74, 6) is -0.000151. The quantitative estimate of drug-likeness (QED) is 0.932. The molecular formula is C18H19FO2. The highest BCUT2D eigenvalue weighted by Gasteiger charge is 2.28. The van der Waals surface area contributed by atoms with E-state index in [1.165, 1.54) is 24.3 Å². The van der Waals surface area contributed by atoms with Crippen LogP contribution in [0.4, 0.5) is 4.39 Å². The second-order valence-corrected chi connectivity index (χ2v) is 5.58. The van der Waals surface area contributed by atoms with Gasteiger partial charge < -0.3 is 9.84 Å². The molecule has 3 heteroatoms. The first-order valence-corrected chi connectivity index (χ1v) is 7.27. The van der Waals surface area contributed by atoms with Crippen LogP contribution in [0.5, 0.6) is 5.75 Å². The molecule has 21 heavy (non-hydrogen) atoms. The molecule has 2 atom stereocenters. The van der Waals surface area contributed by atoms with Crippen molar-refractivity contribution in [1.29, 1.82) is 0 Å². The molecule has 110 valence electrons. The van der Waals surface area contributed by atoms with E-state index in [-0.39, 0.29) is 17.5 Å². The fraction of sp³-hybridized carbons (Fsp3) is 0.333. The van der Waals surface area contributed by atoms with Crippen molar-refractivity contribution in [3.8, 4) is 5.75 Å². The second-order valence-electron chi connectivity index (χ2n) is 5.58. The number of aryl methyl sites for hydroxylation is 1. The Balaban J connectivity index is 1.75. The number of halogens is 1. The highest BCUT2D eigenvalue weighted by molar-refractivity contribution is 5.36. The Labute approximate surface area is 124 Å². The highest BCUT2D eigenvalue weighted by Crippen LogP contribution is 2.36. The van der Waals surface area contributed by atoms with Gasteiger partial charge in [-0.1, -0.05) is 30.3 Å². The summed E-state index contributed by atoms with van der Waals surface area (Å²) in [5.41, 5.74) is 3.35. The topological polar surface area (TPSA) is 29.5 Å². The Kier molecular flexibility index (Phi) is 3.93. The van der Waals surface area contributed by atoms with Crippen LogP contribution in [0.3, 0.4) is 0 Å². The van der Waals surface area contributed by atoms with Crippen LogP contribution in [0.25, 0.3) is 0 Å². The van der Waals surface area contributed by atoms with Crippen molar-refractivity contribution in [2.75, 3.05) is 7.11 Å². The van der Waals surface area contributed by atoms with E-state index in [0.29, 0.717) is 6.42 Å². The molecule has 0 spiro atoms. The van der Waals surface area contributed by atoms with Crippen molar-refractivity contribution < 1.29 is 14.2 Å². The van der Waals surface area contributed by atoms with Gasteiger partial charge in [0.05, 0.1) is 13.2 Å². The molecule has 0 aromatic heterocycles. The van der Waals surface area contributed by atoms with E-state index in [1.807, 2.05) is 18.2 Å². The maximum absolute atomic E-state index is 13.7. The van der Waals surface area contributed by atoms with E-state index in [0.717, 1.165) is 18.4 Å². The van der Waals surface area contributed by atoms with E-state index in [2.05, 4.69) is 12.1 Å². The molecule has 0 radical (unpaired) electrons. The number of methoxy groups -OCH3 is 1. The number of hydrogen-bond donors (Lipinski definition) is 1. The normalized spacial score (nSPS) is 18.3. The average Bonchev–Trinajstić information content (AvgIpc) is 2.91. The Hall–Kier alpha value is -1.87. The lowest BCUT2D eigenvalue weighted by atomic mass is 9.91. The lowest BCUT2D eigenvalue weighted by Gasteiger charge is -2.19. The smallest absolute Gasteiger partial charge is 0.165 e. The van der Waals surface area contributed by atoms with Crippen LogP contribution in [-0.2, 0) is 12.8 Å². The molecule has 3 rings (SSSR count). The first kappa shape index (κ1) is 14.1. The number of fused-ring (bicyclic) bond motifs is 1. The molecule has 0 amide bonds. The summed E-state index contributed by atoms with van der Waals surface area (Å²) in [6.45, 7) is 0. The Morgan fingerprint density at radius 1 is 1.29 bits per heavy atom. The zero-order valence-corrected chi connectivity index (χ0v) is 12.1. The Morgan fingerprint density at radius 3 is 2.86 bits per heavy atom. The van der Waals surface area contributed by atoms with Gasteiger partial charge in [0.15, 0.2) is 11.6 Å². The Morgan fingerprint density at radius 2 is 2.10 bits per heavy atom. The third kappa shape index (κ3) is 2.79. The number of aliphatic hydroxyl groups excluding tert-OH is 1. The summed E-state index contributed by atoms with van der Waals surface area (Å²) in [6, 6.07) is 13.1. The fourth-order valence-electron chi connectivity index (χ4n) is 3.21. The van der Waals surface area contributed by atoms with Crippen LogP contribution in [0, 0.1) is 5.82 Å². The molecule has 0 heterocycles. The summed E-state index contributed by atoms with van der Waals surface area (Å²) in [5, 5.41) is 10.5. The fourth-order valence-corrected chi connectivity index (χ4v) is 3.21. The van der Waals surface area contributed by atoms with Gasteiger partial charge in [-0.05, 0) is 48.1 Å². The molecule has 0 bridgehead atoms. The monoisotopic (exact) mass is 286 g/mol. The molecule has 2 nitrogen and oxygen atoms in total. The molecule has 1 aliphatic rings. The molecule has 0 aliphatic heterocycles. The maximum Gasteiger partial charge on any atom is 0.165 e. The van der Waals surface area contributed by atoms with Gasteiger partial charge in [-0.25, -0.2) is 4.39 Å². The van der Waals surface area contributed by atoms with Crippen molar-refractivity contribution in [2.24, 2.45) is 0 Å². The van der Waals surface area contributed by atoms with Crippen LogP contribution in [-0.4, -0.2) is 18.3 Å². The van der Waals surface area contributed by atoms with E-state index in [9.17, 15) is 9.50 Å². The Bertz CT molecular complexity index is 639. The summed E-state index contributed by atoms with van der Waals surface area (Å²) in [6.07, 6.45) is 1.94. The number of aliphatic hydroxyl groups is 1. The molecule has 2 aromatic carbocycles. The summed E-state index contributed by atoms with van der Waals surface area (Å²) >= 11 is 0. The third-order valence-corrected chi connectivity index (χ3v) is 4.30. The van der Waals surface area contributed by atoms with Crippen molar-refractivity contribution in [2.45, 2.75) is 31.3 Å². The van der Waals surface area contributed by atoms with E-state index in [1.54, 1.807) is 6.07 Å². The SMILES string of the molecule is COc1ccc(CC(O)C2CCc3ccccc32)cc1F. The lowest BCUT2D eigenvalue weighted by Crippen LogP contribution is -2.19. The van der Waals surface area contributed by atoms with E-state index < -0.39 is 6.10 Å². The first-order chi connectivity index (χ1) is 10.2. The van der Waals surface area contributed by atoms with Crippen LogP contribution in [0.2, 0.25) is 0 Å². The maximum atomic E-state index is 13.7. The molecule has 0 fully saturated rings. The standard InChI is InChI=1S/C18H19FO2/c1-21-18-9-6-12(10-16(18)19)11-17(20)15-8-7-13-4-2-3-5-14(13)15/h2-6,9-10,15,17,20H,7-8,11H2,1H3. The van der Waals surface area contributed by atoms with Crippen LogP contribution >= 0.6 is 0 Å². The molecule has 0 saturated heterocycles. The van der Waals surface area contributed by atoms with Gasteiger partial charge in [0.1, 0.15) is 0 Å². The van der Waals surface area contributed by atoms with Crippen LogP contribution < -0.4 is 4.74 Å². The van der Waals surface area contributed by atoms with Crippen LogP contribution in [0.15, 0.2) is 42.5 Å². The van der Waals surface area contributed by atoms with Gasteiger partial charge in [0, 0.05) is 5.92 Å². The molecular weight excluding hydrogens is 267 g/mol. The van der Waals surface area contributed by atoms with Crippen molar-refractivity contribution in [3.63, 3.8) is 0 Å². The number of benzene rings is 2. The highest BCUT2D eigenvalue weighted by atomic mass is 19.1. The second kappa shape index (κ2) is 5.86. The third-order valence-electron chi connectivity index (χ3n) is 4.30. The first-order valence-electron chi connectivity index (χ1n) is 7.27. The summed E-state index contributed by atoms with van der Waals surface area (Å²) < 4.78 is 18.6.